The smallest absolute Gasteiger partial charge is 0.0767 e. The minimum absolute atomic E-state index is 0.656. The van der Waals surface area contributed by atoms with Gasteiger partial charge in [-0.2, -0.15) is 5.10 Å². The van der Waals surface area contributed by atoms with Gasteiger partial charge in [0.05, 0.1) is 15.9 Å². The first-order valence-electron chi connectivity index (χ1n) is 7.38. The maximum atomic E-state index is 4.60. The fourth-order valence-electron chi connectivity index (χ4n) is 3.23. The SMILES string of the molecule is CCc1nn(C)c(CN2CC(C)CC(C)C2C)c1Br. The number of aryl methyl sites for hydroxylation is 2. The molecule has 1 aromatic rings. The molecule has 2 rings (SSSR count). The molecule has 3 nitrogen and oxygen atoms in total. The van der Waals surface area contributed by atoms with E-state index >= 15 is 0 Å². The Morgan fingerprint density at radius 1 is 1.32 bits per heavy atom. The molecule has 3 unspecified atom stereocenters. The zero-order chi connectivity index (χ0) is 14.2. The quantitative estimate of drug-likeness (QED) is 0.845. The number of nitrogens with zero attached hydrogens (tertiary/aromatic N) is 3. The second-order valence-electron chi connectivity index (χ2n) is 6.17. The van der Waals surface area contributed by atoms with Crippen molar-refractivity contribution in [1.29, 1.82) is 0 Å². The van der Waals surface area contributed by atoms with Gasteiger partial charge in [0.15, 0.2) is 0 Å². The van der Waals surface area contributed by atoms with Gasteiger partial charge in [0.2, 0.25) is 0 Å². The second-order valence-corrected chi connectivity index (χ2v) is 6.97. The molecular weight excluding hydrogens is 302 g/mol. The molecule has 0 aliphatic carbocycles. The third-order valence-electron chi connectivity index (χ3n) is 4.58. The predicted molar refractivity (Wildman–Crippen MR) is 83.1 cm³/mol. The number of piperidine rings is 1. The average Bonchev–Trinajstić information content (AvgIpc) is 2.62. The van der Waals surface area contributed by atoms with E-state index in [0.29, 0.717) is 6.04 Å². The highest BCUT2D eigenvalue weighted by Crippen LogP contribution is 2.30. The van der Waals surface area contributed by atoms with Gasteiger partial charge in [0.1, 0.15) is 0 Å². The van der Waals surface area contributed by atoms with Crippen molar-refractivity contribution in [3.63, 3.8) is 0 Å². The fraction of sp³-hybridized carbons (Fsp3) is 0.800. The Bertz CT molecular complexity index is 441. The molecule has 1 fully saturated rings. The lowest BCUT2D eigenvalue weighted by molar-refractivity contribution is 0.0706. The first kappa shape index (κ1) is 15.0. The molecule has 0 saturated carbocycles. The highest BCUT2D eigenvalue weighted by molar-refractivity contribution is 9.10. The molecule has 2 heterocycles. The Hall–Kier alpha value is -0.350. The molecule has 0 aromatic carbocycles. The molecule has 1 aliphatic rings. The minimum atomic E-state index is 0.656. The summed E-state index contributed by atoms with van der Waals surface area (Å²) in [7, 11) is 2.06. The molecule has 1 aliphatic heterocycles. The second kappa shape index (κ2) is 5.96. The van der Waals surface area contributed by atoms with E-state index in [0.717, 1.165) is 24.8 Å². The van der Waals surface area contributed by atoms with Gasteiger partial charge in [-0.1, -0.05) is 20.8 Å². The summed E-state index contributed by atoms with van der Waals surface area (Å²) in [6.45, 7) is 11.5. The fourth-order valence-corrected chi connectivity index (χ4v) is 3.97. The van der Waals surface area contributed by atoms with E-state index in [1.165, 1.54) is 28.8 Å². The van der Waals surface area contributed by atoms with Crippen LogP contribution in [0.4, 0.5) is 0 Å². The zero-order valence-corrected chi connectivity index (χ0v) is 14.4. The molecule has 0 radical (unpaired) electrons. The van der Waals surface area contributed by atoms with Crippen molar-refractivity contribution in [3.8, 4) is 0 Å². The van der Waals surface area contributed by atoms with Crippen molar-refractivity contribution < 1.29 is 0 Å². The highest BCUT2D eigenvalue weighted by atomic mass is 79.9. The lowest BCUT2D eigenvalue weighted by atomic mass is 9.86. The third-order valence-corrected chi connectivity index (χ3v) is 5.49. The molecule has 19 heavy (non-hydrogen) atoms. The molecule has 1 aromatic heterocycles. The summed E-state index contributed by atoms with van der Waals surface area (Å²) in [6.07, 6.45) is 2.33. The molecular formula is C15H26BrN3. The number of rotatable bonds is 3. The Morgan fingerprint density at radius 2 is 2.00 bits per heavy atom. The van der Waals surface area contributed by atoms with Crippen LogP contribution in [-0.2, 0) is 20.0 Å². The van der Waals surface area contributed by atoms with Crippen LogP contribution in [0.1, 0.15) is 45.5 Å². The summed E-state index contributed by atoms with van der Waals surface area (Å²) in [4.78, 5) is 2.61. The molecule has 0 N–H and O–H groups in total. The molecule has 0 bridgehead atoms. The van der Waals surface area contributed by atoms with Crippen LogP contribution in [0.15, 0.2) is 4.47 Å². The minimum Gasteiger partial charge on any atom is -0.294 e. The standard InChI is InChI=1S/C15H26BrN3/c1-6-13-15(16)14(18(5)17-13)9-19-8-10(2)7-11(3)12(19)4/h10-12H,6-9H2,1-5H3. The van der Waals surface area contributed by atoms with E-state index in [-0.39, 0.29) is 0 Å². The largest absolute Gasteiger partial charge is 0.294 e. The summed E-state index contributed by atoms with van der Waals surface area (Å²) in [6, 6.07) is 0.656. The van der Waals surface area contributed by atoms with Crippen LogP contribution >= 0.6 is 15.9 Å². The van der Waals surface area contributed by atoms with Gasteiger partial charge >= 0.3 is 0 Å². The van der Waals surface area contributed by atoms with Crippen molar-refractivity contribution >= 4 is 15.9 Å². The number of hydrogen-bond donors (Lipinski definition) is 0. The lowest BCUT2D eigenvalue weighted by Crippen LogP contribution is -2.45. The van der Waals surface area contributed by atoms with E-state index in [1.807, 2.05) is 4.68 Å². The van der Waals surface area contributed by atoms with Gasteiger partial charge < -0.3 is 0 Å². The summed E-state index contributed by atoms with van der Waals surface area (Å²) >= 11 is 3.73. The van der Waals surface area contributed by atoms with Gasteiger partial charge in [-0.05, 0) is 47.5 Å². The van der Waals surface area contributed by atoms with Crippen LogP contribution in [0.2, 0.25) is 0 Å². The average molecular weight is 328 g/mol. The van der Waals surface area contributed by atoms with Gasteiger partial charge in [0, 0.05) is 26.2 Å². The number of likely N-dealkylation sites (tertiary alicyclic amines) is 1. The zero-order valence-electron chi connectivity index (χ0n) is 12.8. The van der Waals surface area contributed by atoms with E-state index < -0.39 is 0 Å². The summed E-state index contributed by atoms with van der Waals surface area (Å²) in [5, 5.41) is 4.60. The molecule has 3 atom stereocenters. The van der Waals surface area contributed by atoms with Gasteiger partial charge in [-0.15, -0.1) is 0 Å². The summed E-state index contributed by atoms with van der Waals surface area (Å²) in [5.74, 6) is 1.57. The first-order valence-corrected chi connectivity index (χ1v) is 8.17. The number of hydrogen-bond acceptors (Lipinski definition) is 2. The normalized spacial score (nSPS) is 28.8. The highest BCUT2D eigenvalue weighted by Gasteiger charge is 2.30. The van der Waals surface area contributed by atoms with Gasteiger partial charge in [0.25, 0.3) is 0 Å². The van der Waals surface area contributed by atoms with Crippen molar-refractivity contribution in [2.24, 2.45) is 18.9 Å². The van der Waals surface area contributed by atoms with Crippen LogP contribution in [0.25, 0.3) is 0 Å². The Balaban J connectivity index is 2.18. The van der Waals surface area contributed by atoms with Crippen molar-refractivity contribution in [3.05, 3.63) is 15.9 Å². The van der Waals surface area contributed by atoms with Crippen molar-refractivity contribution in [1.82, 2.24) is 14.7 Å². The van der Waals surface area contributed by atoms with Crippen LogP contribution in [0, 0.1) is 11.8 Å². The van der Waals surface area contributed by atoms with Gasteiger partial charge in [-0.3, -0.25) is 9.58 Å². The molecule has 1 saturated heterocycles. The van der Waals surface area contributed by atoms with Gasteiger partial charge in [-0.25, -0.2) is 0 Å². The predicted octanol–water partition coefficient (Wildman–Crippen LogP) is 3.61. The van der Waals surface area contributed by atoms with Crippen LogP contribution in [0.5, 0.6) is 0 Å². The molecule has 108 valence electrons. The number of halogens is 1. The van der Waals surface area contributed by atoms with Crippen LogP contribution < -0.4 is 0 Å². The van der Waals surface area contributed by atoms with Crippen LogP contribution in [0.3, 0.4) is 0 Å². The Morgan fingerprint density at radius 3 is 2.58 bits per heavy atom. The Labute approximate surface area is 125 Å². The Kier molecular flexibility index (Phi) is 4.72. The third kappa shape index (κ3) is 3.05. The van der Waals surface area contributed by atoms with Crippen LogP contribution in [-0.4, -0.2) is 27.3 Å². The van der Waals surface area contributed by atoms with E-state index in [9.17, 15) is 0 Å². The first-order chi connectivity index (χ1) is 8.93. The molecule has 0 amide bonds. The van der Waals surface area contributed by atoms with Crippen molar-refractivity contribution in [2.75, 3.05) is 6.54 Å². The lowest BCUT2D eigenvalue weighted by Gasteiger charge is -2.41. The van der Waals surface area contributed by atoms with E-state index in [2.05, 4.69) is 60.7 Å². The summed E-state index contributed by atoms with van der Waals surface area (Å²) in [5.41, 5.74) is 2.48. The maximum Gasteiger partial charge on any atom is 0.0767 e. The van der Waals surface area contributed by atoms with E-state index in [1.54, 1.807) is 0 Å². The molecule has 0 spiro atoms. The monoisotopic (exact) mass is 327 g/mol. The topological polar surface area (TPSA) is 21.1 Å². The summed E-state index contributed by atoms with van der Waals surface area (Å²) < 4.78 is 3.25. The molecule has 4 heteroatoms. The van der Waals surface area contributed by atoms with E-state index in [4.69, 9.17) is 0 Å². The number of aromatic nitrogens is 2. The van der Waals surface area contributed by atoms with Crippen molar-refractivity contribution in [2.45, 2.75) is 53.1 Å². The maximum absolute atomic E-state index is 4.60.